The minimum absolute atomic E-state index is 0.263. The fraction of sp³-hybridized carbons (Fsp3) is 0.625. The van der Waals surface area contributed by atoms with Gasteiger partial charge in [-0.05, 0) is 36.9 Å². The fourth-order valence-electron chi connectivity index (χ4n) is 2.08. The molecular formula is C16H25NO4. The fourth-order valence-corrected chi connectivity index (χ4v) is 2.08. The molecule has 5 heteroatoms. The summed E-state index contributed by atoms with van der Waals surface area (Å²) in [5, 5.41) is 0. The lowest BCUT2D eigenvalue weighted by Gasteiger charge is -2.13. The molecule has 118 valence electrons. The summed E-state index contributed by atoms with van der Waals surface area (Å²) in [6.45, 7) is 7.09. The Morgan fingerprint density at radius 3 is 2.62 bits per heavy atom. The molecule has 1 aliphatic heterocycles. The monoisotopic (exact) mass is 295 g/mol. The number of rotatable bonds is 9. The average molecular weight is 295 g/mol. The Balaban J connectivity index is 1.84. The third kappa shape index (κ3) is 4.79. The first-order valence-corrected chi connectivity index (χ1v) is 7.54. The number of ether oxygens (including phenoxy) is 4. The van der Waals surface area contributed by atoms with E-state index in [-0.39, 0.29) is 6.79 Å². The van der Waals surface area contributed by atoms with Crippen LogP contribution < -0.4 is 19.9 Å². The Bertz CT molecular complexity index is 448. The Morgan fingerprint density at radius 2 is 1.90 bits per heavy atom. The number of hydrogen-bond donors (Lipinski definition) is 1. The van der Waals surface area contributed by atoms with Crippen molar-refractivity contribution >= 4 is 0 Å². The van der Waals surface area contributed by atoms with Crippen molar-refractivity contribution in [1.82, 2.24) is 0 Å². The lowest BCUT2D eigenvalue weighted by atomic mass is 10.1. The molecule has 0 atom stereocenters. The highest BCUT2D eigenvalue weighted by Gasteiger charge is 2.17. The molecule has 0 saturated heterocycles. The molecule has 0 unspecified atom stereocenters. The third-order valence-corrected chi connectivity index (χ3v) is 3.29. The van der Waals surface area contributed by atoms with Crippen LogP contribution in [0.4, 0.5) is 0 Å². The van der Waals surface area contributed by atoms with Gasteiger partial charge in [0.2, 0.25) is 6.79 Å². The lowest BCUT2D eigenvalue weighted by molar-refractivity contribution is 0.0922. The lowest BCUT2D eigenvalue weighted by Crippen LogP contribution is -2.11. The minimum atomic E-state index is 0.263. The van der Waals surface area contributed by atoms with E-state index in [1.54, 1.807) is 0 Å². The number of nitrogens with two attached hydrogens (primary N) is 1. The van der Waals surface area contributed by atoms with Gasteiger partial charge in [0, 0.05) is 12.7 Å². The van der Waals surface area contributed by atoms with Gasteiger partial charge in [0.15, 0.2) is 11.5 Å². The van der Waals surface area contributed by atoms with Crippen LogP contribution in [0.25, 0.3) is 0 Å². The summed E-state index contributed by atoms with van der Waals surface area (Å²) >= 11 is 0. The van der Waals surface area contributed by atoms with Crippen molar-refractivity contribution in [2.45, 2.75) is 26.7 Å². The molecular weight excluding hydrogens is 270 g/mol. The zero-order valence-corrected chi connectivity index (χ0v) is 12.9. The number of fused-ring (bicyclic) bond motifs is 1. The Labute approximate surface area is 126 Å². The molecule has 0 fully saturated rings. The van der Waals surface area contributed by atoms with Crippen molar-refractivity contribution in [1.29, 1.82) is 0 Å². The minimum Gasteiger partial charge on any atom is -0.491 e. The summed E-state index contributed by atoms with van der Waals surface area (Å²) in [7, 11) is 0. The molecule has 1 aliphatic rings. The molecule has 5 nitrogen and oxygen atoms in total. The maximum Gasteiger partial charge on any atom is 0.231 e. The molecule has 2 N–H and O–H groups in total. The van der Waals surface area contributed by atoms with Crippen LogP contribution in [0.3, 0.4) is 0 Å². The van der Waals surface area contributed by atoms with Crippen LogP contribution in [-0.4, -0.2) is 33.2 Å². The first kappa shape index (κ1) is 15.9. The van der Waals surface area contributed by atoms with Crippen LogP contribution in [0.15, 0.2) is 12.1 Å². The molecule has 1 aromatic rings. The maximum atomic E-state index is 5.81. The molecule has 1 heterocycles. The number of hydrogen-bond acceptors (Lipinski definition) is 5. The summed E-state index contributed by atoms with van der Waals surface area (Å²) in [4.78, 5) is 0. The van der Waals surface area contributed by atoms with Crippen LogP contribution in [0, 0.1) is 5.92 Å². The van der Waals surface area contributed by atoms with Crippen LogP contribution in [0.1, 0.15) is 25.8 Å². The van der Waals surface area contributed by atoms with Crippen molar-refractivity contribution in [3.05, 3.63) is 17.7 Å². The van der Waals surface area contributed by atoms with Gasteiger partial charge in [-0.3, -0.25) is 0 Å². The van der Waals surface area contributed by atoms with Gasteiger partial charge in [-0.2, -0.15) is 0 Å². The molecule has 2 rings (SSSR count). The molecule has 0 amide bonds. The summed E-state index contributed by atoms with van der Waals surface area (Å²) in [5.74, 6) is 2.96. The maximum absolute atomic E-state index is 5.81. The second kappa shape index (κ2) is 8.10. The average Bonchev–Trinajstić information content (AvgIpc) is 2.89. The highest BCUT2D eigenvalue weighted by Crippen LogP contribution is 2.38. The van der Waals surface area contributed by atoms with E-state index in [0.29, 0.717) is 25.7 Å². The molecule has 21 heavy (non-hydrogen) atoms. The Kier molecular flexibility index (Phi) is 6.14. The second-order valence-electron chi connectivity index (χ2n) is 5.50. The largest absolute Gasteiger partial charge is 0.491 e. The topological polar surface area (TPSA) is 62.9 Å². The van der Waals surface area contributed by atoms with E-state index in [9.17, 15) is 0 Å². The number of benzene rings is 1. The van der Waals surface area contributed by atoms with Crippen LogP contribution >= 0.6 is 0 Å². The van der Waals surface area contributed by atoms with Gasteiger partial charge in [0.05, 0.1) is 6.61 Å². The van der Waals surface area contributed by atoms with Crippen molar-refractivity contribution in [2.75, 3.05) is 33.2 Å². The SMILES string of the molecule is CC(C)CCOCCOc1cc2c(cc1CCN)OCO2. The first-order valence-electron chi connectivity index (χ1n) is 7.54. The highest BCUT2D eigenvalue weighted by molar-refractivity contribution is 5.52. The molecule has 0 aliphatic carbocycles. The van der Waals surface area contributed by atoms with Crippen molar-refractivity contribution in [3.63, 3.8) is 0 Å². The van der Waals surface area contributed by atoms with Gasteiger partial charge in [-0.25, -0.2) is 0 Å². The van der Waals surface area contributed by atoms with E-state index >= 15 is 0 Å². The summed E-state index contributed by atoms with van der Waals surface area (Å²) < 4.78 is 22.1. The predicted octanol–water partition coefficient (Wildman–Crippen LogP) is 2.36. The van der Waals surface area contributed by atoms with Crippen LogP contribution in [-0.2, 0) is 11.2 Å². The van der Waals surface area contributed by atoms with Crippen molar-refractivity contribution < 1.29 is 18.9 Å². The molecule has 1 aromatic carbocycles. The Hall–Kier alpha value is -1.46. The van der Waals surface area contributed by atoms with E-state index in [4.69, 9.17) is 24.7 Å². The second-order valence-corrected chi connectivity index (χ2v) is 5.50. The summed E-state index contributed by atoms with van der Waals surface area (Å²) in [6, 6.07) is 3.82. The van der Waals surface area contributed by atoms with Crippen LogP contribution in [0.2, 0.25) is 0 Å². The highest BCUT2D eigenvalue weighted by atomic mass is 16.7. The van der Waals surface area contributed by atoms with Gasteiger partial charge < -0.3 is 24.7 Å². The normalized spacial score (nSPS) is 13.0. The first-order chi connectivity index (χ1) is 10.2. The zero-order chi connectivity index (χ0) is 15.1. The predicted molar refractivity (Wildman–Crippen MR) is 81.1 cm³/mol. The quantitative estimate of drug-likeness (QED) is 0.709. The van der Waals surface area contributed by atoms with Gasteiger partial charge >= 0.3 is 0 Å². The third-order valence-electron chi connectivity index (χ3n) is 3.29. The molecule has 0 aromatic heterocycles. The summed E-state index contributed by atoms with van der Waals surface area (Å²) in [6.07, 6.45) is 1.82. The molecule has 0 spiro atoms. The van der Waals surface area contributed by atoms with Gasteiger partial charge in [-0.15, -0.1) is 0 Å². The van der Waals surface area contributed by atoms with E-state index < -0.39 is 0 Å². The van der Waals surface area contributed by atoms with E-state index in [0.717, 1.165) is 42.3 Å². The zero-order valence-electron chi connectivity index (χ0n) is 12.9. The summed E-state index contributed by atoms with van der Waals surface area (Å²) in [5.41, 5.74) is 6.69. The van der Waals surface area contributed by atoms with Crippen molar-refractivity contribution in [2.24, 2.45) is 11.7 Å². The molecule has 0 saturated carbocycles. The van der Waals surface area contributed by atoms with Crippen LogP contribution in [0.5, 0.6) is 17.2 Å². The van der Waals surface area contributed by atoms with E-state index in [1.165, 1.54) is 0 Å². The van der Waals surface area contributed by atoms with Gasteiger partial charge in [0.25, 0.3) is 0 Å². The smallest absolute Gasteiger partial charge is 0.231 e. The molecule has 0 bridgehead atoms. The standard InChI is InChI=1S/C16H25NO4/c1-12(2)4-6-18-7-8-19-14-10-16-15(20-11-21-16)9-13(14)3-5-17/h9-10,12H,3-8,11,17H2,1-2H3. The van der Waals surface area contributed by atoms with Crippen molar-refractivity contribution in [3.8, 4) is 17.2 Å². The van der Waals surface area contributed by atoms with E-state index in [2.05, 4.69) is 13.8 Å². The van der Waals surface area contributed by atoms with Gasteiger partial charge in [0.1, 0.15) is 12.4 Å². The van der Waals surface area contributed by atoms with Gasteiger partial charge in [-0.1, -0.05) is 13.8 Å². The Morgan fingerprint density at radius 1 is 1.14 bits per heavy atom. The van der Waals surface area contributed by atoms with E-state index in [1.807, 2.05) is 12.1 Å². The molecule has 0 radical (unpaired) electrons.